The summed E-state index contributed by atoms with van der Waals surface area (Å²) >= 11 is 6.31. The maximum atomic E-state index is 14.0. The summed E-state index contributed by atoms with van der Waals surface area (Å²) in [6, 6.07) is 13.1. The van der Waals surface area contributed by atoms with Crippen molar-refractivity contribution in [3.8, 4) is 0 Å². The largest absolute Gasteiger partial charge is 0.477 e. The summed E-state index contributed by atoms with van der Waals surface area (Å²) in [6.45, 7) is 4.92. The lowest BCUT2D eigenvalue weighted by atomic mass is 9.78. The number of anilines is 1. The van der Waals surface area contributed by atoms with Crippen LogP contribution in [0.15, 0.2) is 48.5 Å². The quantitative estimate of drug-likeness (QED) is 0.218. The number of amides is 3. The minimum Gasteiger partial charge on any atom is -0.477 e. The topological polar surface area (TPSA) is 141 Å². The third-order valence-corrected chi connectivity index (χ3v) is 9.35. The fraction of sp³-hybridized carbons (Fsp3) is 0.471. The number of alkyl halides is 1. The predicted molar refractivity (Wildman–Crippen MR) is 173 cm³/mol. The van der Waals surface area contributed by atoms with Gasteiger partial charge >= 0.3 is 12.1 Å². The minimum absolute atomic E-state index is 0.0466. The van der Waals surface area contributed by atoms with Gasteiger partial charge in [0.1, 0.15) is 24.0 Å². The molecule has 1 aromatic heterocycles. The highest BCUT2D eigenvalue weighted by atomic mass is 35.5. The van der Waals surface area contributed by atoms with Crippen LogP contribution >= 0.6 is 11.6 Å². The Morgan fingerprint density at radius 3 is 2.39 bits per heavy atom. The third-order valence-electron chi connectivity index (χ3n) is 8.95. The Balaban J connectivity index is 1.31. The molecule has 46 heavy (non-hydrogen) atoms. The molecule has 0 bridgehead atoms. The van der Waals surface area contributed by atoms with Crippen LogP contribution in [0, 0.1) is 11.8 Å². The van der Waals surface area contributed by atoms with Crippen LogP contribution in [0.25, 0.3) is 10.9 Å². The fourth-order valence-electron chi connectivity index (χ4n) is 6.76. The molecule has 3 amide bonds. The van der Waals surface area contributed by atoms with E-state index in [0.29, 0.717) is 55.2 Å². The summed E-state index contributed by atoms with van der Waals surface area (Å²) in [5.41, 5.74) is 1.07. The molecule has 2 heterocycles. The first-order valence-electron chi connectivity index (χ1n) is 15.6. The smallest absolute Gasteiger partial charge is 0.407 e. The number of likely N-dealkylation sites (tertiary alicyclic amines) is 1. The van der Waals surface area contributed by atoms with Crippen molar-refractivity contribution in [3.05, 3.63) is 64.8 Å². The lowest BCUT2D eigenvalue weighted by Gasteiger charge is -2.36. The summed E-state index contributed by atoms with van der Waals surface area (Å²) in [4.78, 5) is 56.2. The normalized spacial score (nSPS) is 22.3. The number of ether oxygens (including phenoxy) is 1. The number of aromatic nitrogens is 1. The van der Waals surface area contributed by atoms with Gasteiger partial charge in [0, 0.05) is 35.0 Å². The van der Waals surface area contributed by atoms with E-state index in [4.69, 9.17) is 16.3 Å². The molecule has 246 valence electrons. The maximum absolute atomic E-state index is 14.0. The summed E-state index contributed by atoms with van der Waals surface area (Å²) in [7, 11) is 0. The molecule has 0 unspecified atom stereocenters. The van der Waals surface area contributed by atoms with Crippen molar-refractivity contribution >= 4 is 52.1 Å². The minimum atomic E-state index is -1.19. The molecule has 4 N–H and O–H groups in total. The van der Waals surface area contributed by atoms with Crippen LogP contribution in [0.4, 0.5) is 14.9 Å². The van der Waals surface area contributed by atoms with E-state index in [2.05, 4.69) is 15.6 Å². The number of carboxylic acids is 1. The van der Waals surface area contributed by atoms with E-state index in [-0.39, 0.29) is 40.3 Å². The zero-order chi connectivity index (χ0) is 33.2. The van der Waals surface area contributed by atoms with Gasteiger partial charge < -0.3 is 30.4 Å². The Kier molecular flexibility index (Phi) is 9.91. The van der Waals surface area contributed by atoms with Gasteiger partial charge in [-0.3, -0.25) is 9.59 Å². The monoisotopic (exact) mass is 654 g/mol. The molecule has 12 heteroatoms. The first-order chi connectivity index (χ1) is 21.9. The van der Waals surface area contributed by atoms with Crippen molar-refractivity contribution in [1.29, 1.82) is 0 Å². The van der Waals surface area contributed by atoms with Crippen LogP contribution in [0.5, 0.6) is 0 Å². The Hall–Kier alpha value is -4.12. The van der Waals surface area contributed by atoms with Crippen molar-refractivity contribution in [2.75, 3.05) is 18.5 Å². The number of nitrogens with one attached hydrogen (secondary N) is 3. The summed E-state index contributed by atoms with van der Waals surface area (Å²) < 4.78 is 19.3. The number of rotatable bonds is 8. The predicted octanol–water partition coefficient (Wildman–Crippen LogP) is 6.51. The standard InChI is InChI=1S/C34H40ClFN4O6/c1-34(2,3)46-33(45)39-26(18-36)20-9-11-21(12-10-20)31(42)40-16-15-23(19-7-5-4-6-8-19)29(40)30(41)37-22-13-14-25-24(17-22)27(35)28(38-25)32(43)44/h4-8,13-14,17,20-21,23,26,29,38H,9-12,15-16,18H2,1-3H3,(H,37,41)(H,39,45)(H,43,44)/t20-,21-,23-,26-,29+/m1/s1. The van der Waals surface area contributed by atoms with Crippen LogP contribution < -0.4 is 10.6 Å². The first kappa shape index (κ1) is 33.2. The second kappa shape index (κ2) is 13.7. The molecular formula is C34H40ClFN4O6. The molecule has 1 aliphatic carbocycles. The van der Waals surface area contributed by atoms with Crippen molar-refractivity contribution in [2.45, 2.75) is 76.5 Å². The number of aromatic amines is 1. The van der Waals surface area contributed by atoms with E-state index in [1.54, 1.807) is 43.9 Å². The van der Waals surface area contributed by atoms with Crippen LogP contribution in [-0.2, 0) is 14.3 Å². The number of carbonyl (C=O) groups excluding carboxylic acids is 3. The Labute approximate surface area is 272 Å². The second-order valence-corrected chi connectivity index (χ2v) is 13.5. The van der Waals surface area contributed by atoms with Crippen molar-refractivity contribution in [3.63, 3.8) is 0 Å². The van der Waals surface area contributed by atoms with Crippen molar-refractivity contribution in [2.24, 2.45) is 11.8 Å². The van der Waals surface area contributed by atoms with Crippen molar-refractivity contribution < 1.29 is 33.4 Å². The van der Waals surface area contributed by atoms with E-state index < -0.39 is 36.4 Å². The number of carboxylic acid groups (broad SMARTS) is 1. The Bertz CT molecular complexity index is 1600. The van der Waals surface area contributed by atoms with Gasteiger partial charge in [-0.05, 0) is 82.6 Å². The lowest BCUT2D eigenvalue weighted by molar-refractivity contribution is -0.141. The molecule has 0 radical (unpaired) electrons. The van der Waals surface area contributed by atoms with Gasteiger partial charge in [0.15, 0.2) is 0 Å². The van der Waals surface area contributed by atoms with Gasteiger partial charge in [0.2, 0.25) is 11.8 Å². The van der Waals surface area contributed by atoms with E-state index in [0.717, 1.165) is 5.56 Å². The number of hydrogen-bond donors (Lipinski definition) is 4. The van der Waals surface area contributed by atoms with Gasteiger partial charge in [0.25, 0.3) is 0 Å². The fourth-order valence-corrected chi connectivity index (χ4v) is 7.04. The number of benzene rings is 2. The number of H-pyrrole nitrogens is 1. The lowest BCUT2D eigenvalue weighted by Crippen LogP contribution is -2.49. The van der Waals surface area contributed by atoms with Crippen LogP contribution in [-0.4, -0.2) is 69.8 Å². The van der Waals surface area contributed by atoms with Gasteiger partial charge in [-0.15, -0.1) is 0 Å². The van der Waals surface area contributed by atoms with Gasteiger partial charge in [-0.25, -0.2) is 14.0 Å². The first-order valence-corrected chi connectivity index (χ1v) is 16.0. The van der Waals surface area contributed by atoms with Crippen LogP contribution in [0.2, 0.25) is 5.02 Å². The Morgan fingerprint density at radius 1 is 1.07 bits per heavy atom. The highest BCUT2D eigenvalue weighted by Gasteiger charge is 2.45. The van der Waals surface area contributed by atoms with E-state index in [1.807, 2.05) is 30.3 Å². The zero-order valence-electron chi connectivity index (χ0n) is 26.1. The number of carbonyl (C=O) groups is 4. The van der Waals surface area contributed by atoms with Crippen LogP contribution in [0.1, 0.15) is 74.8 Å². The van der Waals surface area contributed by atoms with Crippen LogP contribution in [0.3, 0.4) is 0 Å². The molecular weight excluding hydrogens is 615 g/mol. The van der Waals surface area contributed by atoms with Gasteiger partial charge in [0.05, 0.1) is 11.1 Å². The molecule has 3 atom stereocenters. The van der Waals surface area contributed by atoms with E-state index in [9.17, 15) is 28.7 Å². The number of halogens is 2. The molecule has 2 aliphatic rings. The molecule has 5 rings (SSSR count). The van der Waals surface area contributed by atoms with E-state index in [1.165, 1.54) is 0 Å². The molecule has 2 fully saturated rings. The number of nitrogens with zero attached hydrogens (tertiary/aromatic N) is 1. The number of alkyl carbamates (subject to hydrolysis) is 1. The number of fused-ring (bicyclic) bond motifs is 1. The third kappa shape index (κ3) is 7.30. The zero-order valence-corrected chi connectivity index (χ0v) is 26.9. The summed E-state index contributed by atoms with van der Waals surface area (Å²) in [6.07, 6.45) is 2.10. The van der Waals surface area contributed by atoms with Crippen molar-refractivity contribution in [1.82, 2.24) is 15.2 Å². The molecule has 1 saturated heterocycles. The summed E-state index contributed by atoms with van der Waals surface area (Å²) in [5, 5.41) is 15.5. The molecule has 0 spiro atoms. The second-order valence-electron chi connectivity index (χ2n) is 13.2. The Morgan fingerprint density at radius 2 is 1.76 bits per heavy atom. The highest BCUT2D eigenvalue weighted by Crippen LogP contribution is 2.39. The average Bonchev–Trinajstić information content (AvgIpc) is 3.61. The number of aromatic carboxylic acids is 1. The maximum Gasteiger partial charge on any atom is 0.407 e. The summed E-state index contributed by atoms with van der Waals surface area (Å²) in [5.74, 6) is -2.33. The molecule has 3 aromatic rings. The molecule has 1 saturated carbocycles. The van der Waals surface area contributed by atoms with Gasteiger partial charge in [-0.2, -0.15) is 0 Å². The number of hydrogen-bond acceptors (Lipinski definition) is 5. The highest BCUT2D eigenvalue weighted by molar-refractivity contribution is 6.38. The average molecular weight is 655 g/mol. The molecule has 1 aliphatic heterocycles. The van der Waals surface area contributed by atoms with E-state index >= 15 is 0 Å². The SMILES string of the molecule is CC(C)(C)OC(=O)N[C@H](CF)[C@H]1CC[C@H](C(=O)N2CC[C@H](c3ccccc3)[C@H]2C(=O)Nc2ccc3[nH]c(C(=O)O)c(Cl)c3c2)CC1. The molecule has 10 nitrogen and oxygen atoms in total. The van der Waals surface area contributed by atoms with Gasteiger partial charge in [-0.1, -0.05) is 41.9 Å². The molecule has 2 aromatic carbocycles.